The number of unbranched alkanes of at least 4 members (excludes halogenated alkanes) is 1. The van der Waals surface area contributed by atoms with E-state index in [0.717, 1.165) is 31.1 Å². The van der Waals surface area contributed by atoms with Crippen molar-refractivity contribution >= 4 is 0 Å². The zero-order valence-electron chi connectivity index (χ0n) is 15.5. The van der Waals surface area contributed by atoms with Gasteiger partial charge in [0.1, 0.15) is 0 Å². The fraction of sp³-hybridized carbons (Fsp3) is 1.00. The van der Waals surface area contributed by atoms with Crippen LogP contribution in [-0.2, 0) is 0 Å². The van der Waals surface area contributed by atoms with Crippen molar-refractivity contribution in [1.82, 2.24) is 0 Å². The molecule has 2 rings (SSSR count). The van der Waals surface area contributed by atoms with Gasteiger partial charge in [-0.1, -0.05) is 77.6 Å². The van der Waals surface area contributed by atoms with Gasteiger partial charge in [0, 0.05) is 0 Å². The molecule has 2 aliphatic rings. The van der Waals surface area contributed by atoms with Crippen LogP contribution in [0.2, 0.25) is 0 Å². The van der Waals surface area contributed by atoms with Crippen LogP contribution in [0.4, 0.5) is 13.2 Å². The summed E-state index contributed by atoms with van der Waals surface area (Å²) in [7, 11) is 0. The Balaban J connectivity index is 1.64. The molecule has 2 saturated carbocycles. The lowest BCUT2D eigenvalue weighted by atomic mass is 9.70. The molecule has 0 saturated heterocycles. The summed E-state index contributed by atoms with van der Waals surface area (Å²) in [4.78, 5) is 0. The molecule has 0 aromatic carbocycles. The van der Waals surface area contributed by atoms with Crippen LogP contribution in [0.25, 0.3) is 0 Å². The molecule has 0 amide bonds. The van der Waals surface area contributed by atoms with Gasteiger partial charge in [0.25, 0.3) is 0 Å². The molecule has 0 bridgehead atoms. The minimum Gasteiger partial charge on any atom is -0.171 e. The number of halogens is 3. The highest BCUT2D eigenvalue weighted by Gasteiger charge is 2.38. The number of hydrogen-bond acceptors (Lipinski definition) is 0. The molecule has 0 spiro atoms. The van der Waals surface area contributed by atoms with Gasteiger partial charge in [0.2, 0.25) is 0 Å². The standard InChI is InChI=1S/C21H37F3/c1-2-3-11-20(21(22,23)24)12-7-8-17-13-15-19(16-14-17)18-9-5-4-6-10-18/h17-20H,2-16H2,1H3/t17-,19-,20?. The molecule has 142 valence electrons. The first kappa shape index (κ1) is 20.1. The molecule has 0 radical (unpaired) electrons. The van der Waals surface area contributed by atoms with Crippen LogP contribution in [0.1, 0.15) is 103 Å². The Morgan fingerprint density at radius 3 is 1.96 bits per heavy atom. The minimum atomic E-state index is -3.99. The molecule has 0 N–H and O–H groups in total. The number of rotatable bonds is 8. The van der Waals surface area contributed by atoms with Gasteiger partial charge in [0.05, 0.1) is 5.92 Å². The van der Waals surface area contributed by atoms with Gasteiger partial charge in [-0.05, 0) is 43.4 Å². The molecule has 0 aromatic rings. The van der Waals surface area contributed by atoms with Crippen molar-refractivity contribution < 1.29 is 13.2 Å². The third kappa shape index (κ3) is 6.59. The molecule has 1 unspecified atom stereocenters. The molecule has 2 aliphatic carbocycles. The van der Waals surface area contributed by atoms with Crippen molar-refractivity contribution in [2.24, 2.45) is 23.7 Å². The number of hydrogen-bond donors (Lipinski definition) is 0. The Hall–Kier alpha value is -0.210. The second kappa shape index (κ2) is 10.1. The van der Waals surface area contributed by atoms with Gasteiger partial charge in [-0.3, -0.25) is 0 Å². The van der Waals surface area contributed by atoms with Crippen LogP contribution >= 0.6 is 0 Å². The number of alkyl halides is 3. The maximum Gasteiger partial charge on any atom is 0.391 e. The highest BCUT2D eigenvalue weighted by atomic mass is 19.4. The summed E-state index contributed by atoms with van der Waals surface area (Å²) >= 11 is 0. The van der Waals surface area contributed by atoms with Crippen molar-refractivity contribution in [3.8, 4) is 0 Å². The molecule has 0 aromatic heterocycles. The first-order valence-electron chi connectivity index (χ1n) is 10.6. The van der Waals surface area contributed by atoms with Gasteiger partial charge < -0.3 is 0 Å². The first-order chi connectivity index (χ1) is 11.5. The molecular weight excluding hydrogens is 309 g/mol. The van der Waals surface area contributed by atoms with E-state index in [4.69, 9.17) is 0 Å². The monoisotopic (exact) mass is 346 g/mol. The van der Waals surface area contributed by atoms with E-state index in [1.54, 1.807) is 0 Å². The summed E-state index contributed by atoms with van der Waals surface area (Å²) in [5, 5.41) is 0. The van der Waals surface area contributed by atoms with E-state index < -0.39 is 12.1 Å². The highest BCUT2D eigenvalue weighted by Crippen LogP contribution is 2.41. The lowest BCUT2D eigenvalue weighted by molar-refractivity contribution is -0.178. The van der Waals surface area contributed by atoms with E-state index in [1.165, 1.54) is 57.8 Å². The molecule has 0 aliphatic heterocycles. The van der Waals surface area contributed by atoms with E-state index in [0.29, 0.717) is 25.2 Å². The van der Waals surface area contributed by atoms with E-state index in [1.807, 2.05) is 6.92 Å². The molecular formula is C21H37F3. The van der Waals surface area contributed by atoms with Crippen molar-refractivity contribution in [1.29, 1.82) is 0 Å². The van der Waals surface area contributed by atoms with E-state index >= 15 is 0 Å². The topological polar surface area (TPSA) is 0 Å². The average molecular weight is 347 g/mol. The summed E-state index contributed by atoms with van der Waals surface area (Å²) in [6.45, 7) is 1.97. The second-order valence-corrected chi connectivity index (χ2v) is 8.49. The molecule has 0 heterocycles. The predicted octanol–water partition coefficient (Wildman–Crippen LogP) is 7.91. The summed E-state index contributed by atoms with van der Waals surface area (Å²) in [6, 6.07) is 0. The van der Waals surface area contributed by atoms with Gasteiger partial charge >= 0.3 is 6.18 Å². The smallest absolute Gasteiger partial charge is 0.171 e. The Kier molecular flexibility index (Phi) is 8.43. The van der Waals surface area contributed by atoms with Crippen molar-refractivity contribution in [3.05, 3.63) is 0 Å². The first-order valence-corrected chi connectivity index (χ1v) is 10.6. The zero-order chi connectivity index (χ0) is 17.4. The predicted molar refractivity (Wildman–Crippen MR) is 94.9 cm³/mol. The Morgan fingerprint density at radius 1 is 0.792 bits per heavy atom. The summed E-state index contributed by atoms with van der Waals surface area (Å²) < 4.78 is 39.2. The van der Waals surface area contributed by atoms with Crippen molar-refractivity contribution in [2.45, 2.75) is 109 Å². The summed E-state index contributed by atoms with van der Waals surface area (Å²) in [6.07, 6.45) is 12.4. The van der Waals surface area contributed by atoms with E-state index in [2.05, 4.69) is 0 Å². The third-order valence-corrected chi connectivity index (χ3v) is 6.74. The van der Waals surface area contributed by atoms with Crippen LogP contribution in [-0.4, -0.2) is 6.18 Å². The van der Waals surface area contributed by atoms with Crippen molar-refractivity contribution in [3.63, 3.8) is 0 Å². The molecule has 3 heteroatoms. The van der Waals surface area contributed by atoms with Gasteiger partial charge in [0.15, 0.2) is 0 Å². The Bertz CT molecular complexity index is 322. The SMILES string of the molecule is CCCCC(CCC[C@H]1CC[C@H](C2CCCCC2)CC1)C(F)(F)F. The summed E-state index contributed by atoms with van der Waals surface area (Å²) in [5.74, 6) is 1.53. The zero-order valence-corrected chi connectivity index (χ0v) is 15.5. The minimum absolute atomic E-state index is 0.328. The second-order valence-electron chi connectivity index (χ2n) is 8.49. The lowest BCUT2D eigenvalue weighted by Gasteiger charge is -2.36. The quantitative estimate of drug-likeness (QED) is 0.419. The lowest BCUT2D eigenvalue weighted by Crippen LogP contribution is -2.25. The fourth-order valence-electron chi connectivity index (χ4n) is 5.13. The Labute approximate surface area is 147 Å². The van der Waals surface area contributed by atoms with Gasteiger partial charge in [-0.15, -0.1) is 0 Å². The molecule has 2 fully saturated rings. The van der Waals surface area contributed by atoms with Gasteiger partial charge in [-0.2, -0.15) is 13.2 Å². The van der Waals surface area contributed by atoms with Crippen molar-refractivity contribution in [2.75, 3.05) is 0 Å². The molecule has 24 heavy (non-hydrogen) atoms. The fourth-order valence-corrected chi connectivity index (χ4v) is 5.13. The average Bonchev–Trinajstić information content (AvgIpc) is 2.58. The maximum atomic E-state index is 13.1. The Morgan fingerprint density at radius 2 is 1.38 bits per heavy atom. The normalized spacial score (nSPS) is 28.0. The third-order valence-electron chi connectivity index (χ3n) is 6.74. The maximum absolute atomic E-state index is 13.1. The van der Waals surface area contributed by atoms with Crippen LogP contribution in [0.15, 0.2) is 0 Å². The van der Waals surface area contributed by atoms with E-state index in [-0.39, 0.29) is 0 Å². The van der Waals surface area contributed by atoms with E-state index in [9.17, 15) is 13.2 Å². The van der Waals surface area contributed by atoms with Crippen LogP contribution in [0, 0.1) is 23.7 Å². The largest absolute Gasteiger partial charge is 0.391 e. The van der Waals surface area contributed by atoms with Crippen LogP contribution in [0.5, 0.6) is 0 Å². The highest BCUT2D eigenvalue weighted by molar-refractivity contribution is 4.80. The van der Waals surface area contributed by atoms with Crippen LogP contribution < -0.4 is 0 Å². The molecule has 0 nitrogen and oxygen atoms in total. The summed E-state index contributed by atoms with van der Waals surface area (Å²) in [5.41, 5.74) is 0. The van der Waals surface area contributed by atoms with Crippen LogP contribution in [0.3, 0.4) is 0 Å². The molecule has 1 atom stereocenters. The van der Waals surface area contributed by atoms with Gasteiger partial charge in [-0.25, -0.2) is 0 Å².